The summed E-state index contributed by atoms with van der Waals surface area (Å²) in [5.41, 5.74) is 1.93. The van der Waals surface area contributed by atoms with Crippen LogP contribution in [-0.2, 0) is 16.1 Å². The molecule has 0 saturated carbocycles. The molecule has 0 saturated heterocycles. The molecule has 1 N–H and O–H groups in total. The number of carbonyl (C=O) groups is 2. The number of unbranched alkanes of at least 4 members (excludes halogenated alkanes) is 1. The summed E-state index contributed by atoms with van der Waals surface area (Å²) in [5.74, 6) is 0.134. The molecule has 0 aromatic heterocycles. The van der Waals surface area contributed by atoms with Crippen molar-refractivity contribution in [2.24, 2.45) is 0 Å². The first-order chi connectivity index (χ1) is 14.8. The summed E-state index contributed by atoms with van der Waals surface area (Å²) in [7, 11) is 0. The zero-order valence-electron chi connectivity index (χ0n) is 18.9. The second-order valence-corrected chi connectivity index (χ2v) is 7.98. The molecule has 5 nitrogen and oxygen atoms in total. The molecular formula is C25H33FN2O3. The van der Waals surface area contributed by atoms with E-state index < -0.39 is 6.04 Å². The van der Waals surface area contributed by atoms with Crippen LogP contribution in [0.3, 0.4) is 0 Å². The Morgan fingerprint density at radius 2 is 1.68 bits per heavy atom. The number of hydrogen-bond donors (Lipinski definition) is 1. The highest BCUT2D eigenvalue weighted by molar-refractivity contribution is 5.87. The second-order valence-electron chi connectivity index (χ2n) is 7.98. The van der Waals surface area contributed by atoms with Gasteiger partial charge in [0.15, 0.2) is 6.61 Å². The predicted octanol–water partition coefficient (Wildman–Crippen LogP) is 4.66. The van der Waals surface area contributed by atoms with E-state index in [4.69, 9.17) is 4.74 Å². The van der Waals surface area contributed by atoms with Crippen molar-refractivity contribution in [2.75, 3.05) is 13.2 Å². The number of amides is 2. The first-order valence-electron chi connectivity index (χ1n) is 10.9. The number of rotatable bonds is 11. The van der Waals surface area contributed by atoms with E-state index >= 15 is 0 Å². The number of nitrogens with zero attached hydrogens (tertiary/aromatic N) is 1. The van der Waals surface area contributed by atoms with Gasteiger partial charge in [-0.2, -0.15) is 0 Å². The van der Waals surface area contributed by atoms with E-state index in [1.807, 2.05) is 31.2 Å². The van der Waals surface area contributed by atoms with E-state index in [1.54, 1.807) is 19.1 Å². The standard InChI is InChI=1S/C25H33FN2O3/c1-5-6-15-27-25(30)19(4)28(16-20-7-11-22(26)12-8-20)24(29)17-31-23-13-9-21(10-14-23)18(2)3/h7-14,18-19H,5-6,15-17H2,1-4H3,(H,27,30)/t19-/m0/s1. The van der Waals surface area contributed by atoms with Gasteiger partial charge in [0, 0.05) is 13.1 Å². The van der Waals surface area contributed by atoms with Gasteiger partial charge in [-0.15, -0.1) is 0 Å². The van der Waals surface area contributed by atoms with Crippen molar-refractivity contribution >= 4 is 11.8 Å². The molecule has 2 aromatic rings. The zero-order chi connectivity index (χ0) is 22.8. The van der Waals surface area contributed by atoms with E-state index in [-0.39, 0.29) is 30.8 Å². The van der Waals surface area contributed by atoms with E-state index in [0.29, 0.717) is 18.2 Å². The molecule has 0 radical (unpaired) electrons. The molecule has 0 spiro atoms. The van der Waals surface area contributed by atoms with Crippen LogP contribution in [0.15, 0.2) is 48.5 Å². The average molecular weight is 429 g/mol. The molecule has 2 aromatic carbocycles. The normalized spacial score (nSPS) is 11.8. The zero-order valence-corrected chi connectivity index (χ0v) is 18.9. The Kier molecular flexibility index (Phi) is 9.50. The molecule has 0 unspecified atom stereocenters. The molecule has 1 atom stereocenters. The number of nitrogens with one attached hydrogen (secondary N) is 1. The Labute approximate surface area is 184 Å². The summed E-state index contributed by atoms with van der Waals surface area (Å²) in [4.78, 5) is 27.0. The van der Waals surface area contributed by atoms with Crippen molar-refractivity contribution in [3.63, 3.8) is 0 Å². The number of hydrogen-bond acceptors (Lipinski definition) is 3. The molecule has 0 heterocycles. The molecule has 168 valence electrons. The van der Waals surface area contributed by atoms with E-state index in [1.165, 1.54) is 22.6 Å². The smallest absolute Gasteiger partial charge is 0.261 e. The van der Waals surface area contributed by atoms with Gasteiger partial charge in [0.05, 0.1) is 0 Å². The number of carbonyl (C=O) groups excluding carboxylic acids is 2. The monoisotopic (exact) mass is 428 g/mol. The summed E-state index contributed by atoms with van der Waals surface area (Å²) >= 11 is 0. The Morgan fingerprint density at radius 1 is 1.03 bits per heavy atom. The van der Waals surface area contributed by atoms with Crippen LogP contribution in [0.25, 0.3) is 0 Å². The highest BCUT2D eigenvalue weighted by Gasteiger charge is 2.26. The summed E-state index contributed by atoms with van der Waals surface area (Å²) in [5, 5.41) is 2.87. The Bertz CT molecular complexity index is 835. The van der Waals surface area contributed by atoms with Gasteiger partial charge in [-0.25, -0.2) is 4.39 Å². The Morgan fingerprint density at radius 3 is 2.26 bits per heavy atom. The average Bonchev–Trinajstić information content (AvgIpc) is 2.77. The van der Waals surface area contributed by atoms with Crippen LogP contribution in [-0.4, -0.2) is 35.9 Å². The molecule has 6 heteroatoms. The molecule has 0 fully saturated rings. The van der Waals surface area contributed by atoms with Gasteiger partial charge >= 0.3 is 0 Å². The van der Waals surface area contributed by atoms with Crippen LogP contribution in [0.2, 0.25) is 0 Å². The van der Waals surface area contributed by atoms with Gasteiger partial charge in [0.2, 0.25) is 5.91 Å². The van der Waals surface area contributed by atoms with Crippen molar-refractivity contribution in [3.8, 4) is 5.75 Å². The van der Waals surface area contributed by atoms with Gasteiger partial charge in [-0.3, -0.25) is 9.59 Å². The topological polar surface area (TPSA) is 58.6 Å². The predicted molar refractivity (Wildman–Crippen MR) is 120 cm³/mol. The van der Waals surface area contributed by atoms with Gasteiger partial charge in [0.25, 0.3) is 5.91 Å². The third-order valence-electron chi connectivity index (χ3n) is 5.17. The van der Waals surface area contributed by atoms with Crippen molar-refractivity contribution in [1.29, 1.82) is 0 Å². The van der Waals surface area contributed by atoms with Crippen molar-refractivity contribution in [2.45, 2.75) is 59.0 Å². The fraction of sp³-hybridized carbons (Fsp3) is 0.440. The summed E-state index contributed by atoms with van der Waals surface area (Å²) in [6.45, 7) is 8.54. The lowest BCUT2D eigenvalue weighted by Crippen LogP contribution is -2.49. The summed E-state index contributed by atoms with van der Waals surface area (Å²) in [6, 6.07) is 12.9. The minimum Gasteiger partial charge on any atom is -0.484 e. The van der Waals surface area contributed by atoms with Gasteiger partial charge < -0.3 is 15.0 Å². The lowest BCUT2D eigenvalue weighted by atomic mass is 10.0. The van der Waals surface area contributed by atoms with Crippen LogP contribution >= 0.6 is 0 Å². The number of ether oxygens (including phenoxy) is 1. The minimum absolute atomic E-state index is 0.186. The number of halogens is 1. The maximum absolute atomic E-state index is 13.3. The van der Waals surface area contributed by atoms with Gasteiger partial charge in [-0.05, 0) is 54.7 Å². The third kappa shape index (κ3) is 7.70. The highest BCUT2D eigenvalue weighted by atomic mass is 19.1. The molecule has 0 aliphatic carbocycles. The first-order valence-corrected chi connectivity index (χ1v) is 10.9. The van der Waals surface area contributed by atoms with Gasteiger partial charge in [0.1, 0.15) is 17.6 Å². The molecule has 31 heavy (non-hydrogen) atoms. The third-order valence-corrected chi connectivity index (χ3v) is 5.17. The van der Waals surface area contributed by atoms with Crippen LogP contribution in [0.4, 0.5) is 4.39 Å². The second kappa shape index (κ2) is 12.1. The summed E-state index contributed by atoms with van der Waals surface area (Å²) in [6.07, 6.45) is 1.84. The van der Waals surface area contributed by atoms with E-state index in [0.717, 1.165) is 18.4 Å². The molecule has 2 rings (SSSR count). The van der Waals surface area contributed by atoms with Crippen molar-refractivity contribution in [3.05, 3.63) is 65.5 Å². The lowest BCUT2D eigenvalue weighted by molar-refractivity contribution is -0.142. The molecule has 0 bridgehead atoms. The quantitative estimate of drug-likeness (QED) is 0.530. The van der Waals surface area contributed by atoms with Crippen molar-refractivity contribution < 1.29 is 18.7 Å². The molecule has 0 aliphatic heterocycles. The molecule has 0 aliphatic rings. The largest absolute Gasteiger partial charge is 0.484 e. The SMILES string of the molecule is CCCCNC(=O)[C@H](C)N(Cc1ccc(F)cc1)C(=O)COc1ccc(C(C)C)cc1. The maximum Gasteiger partial charge on any atom is 0.261 e. The minimum atomic E-state index is -0.679. The van der Waals surface area contributed by atoms with Crippen LogP contribution in [0.1, 0.15) is 57.6 Å². The van der Waals surface area contributed by atoms with Crippen LogP contribution in [0, 0.1) is 5.82 Å². The molecule has 2 amide bonds. The number of benzene rings is 2. The van der Waals surface area contributed by atoms with E-state index in [2.05, 4.69) is 19.2 Å². The van der Waals surface area contributed by atoms with E-state index in [9.17, 15) is 14.0 Å². The van der Waals surface area contributed by atoms with Gasteiger partial charge in [-0.1, -0.05) is 51.5 Å². The maximum atomic E-state index is 13.3. The van der Waals surface area contributed by atoms with Crippen LogP contribution < -0.4 is 10.1 Å². The fourth-order valence-corrected chi connectivity index (χ4v) is 3.08. The Balaban J connectivity index is 2.08. The summed E-state index contributed by atoms with van der Waals surface area (Å²) < 4.78 is 19.0. The van der Waals surface area contributed by atoms with Crippen LogP contribution in [0.5, 0.6) is 5.75 Å². The fourth-order valence-electron chi connectivity index (χ4n) is 3.08. The van der Waals surface area contributed by atoms with Crippen molar-refractivity contribution in [1.82, 2.24) is 10.2 Å². The molecular weight excluding hydrogens is 395 g/mol. The first kappa shape index (κ1) is 24.4. The highest BCUT2D eigenvalue weighted by Crippen LogP contribution is 2.19. The Hall–Kier alpha value is -2.89. The lowest BCUT2D eigenvalue weighted by Gasteiger charge is -2.28.